The van der Waals surface area contributed by atoms with Gasteiger partial charge in [-0.3, -0.25) is 9.36 Å². The fourth-order valence-corrected chi connectivity index (χ4v) is 3.25. The first-order chi connectivity index (χ1) is 13.9. The normalized spacial score (nSPS) is 10.9. The molecule has 0 amide bonds. The van der Waals surface area contributed by atoms with Crippen LogP contribution in [0.2, 0.25) is 0 Å². The highest BCUT2D eigenvalue weighted by Gasteiger charge is 2.15. The van der Waals surface area contributed by atoms with E-state index in [9.17, 15) is 13.6 Å². The molecule has 0 aliphatic heterocycles. The molecule has 0 bridgehead atoms. The molecule has 1 aromatic heterocycles. The van der Waals surface area contributed by atoms with E-state index in [2.05, 4.69) is 26.2 Å². The quantitative estimate of drug-likeness (QED) is 0.576. The summed E-state index contributed by atoms with van der Waals surface area (Å²) in [4.78, 5) is 17.1. The predicted octanol–water partition coefficient (Wildman–Crippen LogP) is 3.94. The number of aromatic nitrogens is 2. The van der Waals surface area contributed by atoms with Crippen molar-refractivity contribution in [1.29, 1.82) is 0 Å². The number of hydrogen-bond acceptors (Lipinski definition) is 4. The van der Waals surface area contributed by atoms with Gasteiger partial charge in [0, 0.05) is 18.2 Å². The summed E-state index contributed by atoms with van der Waals surface area (Å²) < 4.78 is 34.0. The number of hydrogen-bond donors (Lipinski definition) is 1. The van der Waals surface area contributed by atoms with Gasteiger partial charge in [0.15, 0.2) is 0 Å². The molecule has 0 radical (unpaired) electrons. The van der Waals surface area contributed by atoms with E-state index < -0.39 is 11.6 Å². The molecule has 29 heavy (non-hydrogen) atoms. The van der Waals surface area contributed by atoms with Gasteiger partial charge in [-0.25, -0.2) is 8.78 Å². The molecule has 1 heterocycles. The van der Waals surface area contributed by atoms with Crippen molar-refractivity contribution in [2.45, 2.75) is 26.6 Å². The van der Waals surface area contributed by atoms with Crippen LogP contribution in [-0.2, 0) is 19.7 Å². The Kier molecular flexibility index (Phi) is 6.76. The van der Waals surface area contributed by atoms with Crippen LogP contribution in [0.4, 0.5) is 8.78 Å². The monoisotopic (exact) mass is 463 g/mol. The lowest BCUT2D eigenvalue weighted by molar-refractivity contribution is 0.282. The van der Waals surface area contributed by atoms with Crippen LogP contribution in [0.25, 0.3) is 0 Å². The predicted molar refractivity (Wildman–Crippen MR) is 110 cm³/mol. The highest BCUT2D eigenvalue weighted by Crippen LogP contribution is 2.21. The van der Waals surface area contributed by atoms with Crippen LogP contribution in [0.3, 0.4) is 0 Å². The first kappa shape index (κ1) is 21.1. The zero-order valence-corrected chi connectivity index (χ0v) is 17.6. The molecule has 8 heteroatoms. The highest BCUT2D eigenvalue weighted by molar-refractivity contribution is 9.10. The summed E-state index contributed by atoms with van der Waals surface area (Å²) in [5.74, 6) is -0.847. The van der Waals surface area contributed by atoms with Gasteiger partial charge in [-0.15, -0.1) is 0 Å². The van der Waals surface area contributed by atoms with Crippen molar-refractivity contribution in [3.8, 4) is 5.88 Å². The standard InChI is InChI=1S/C21H20BrF2N3O2/c1-13-26-20(29-12-16-7-8-17(23)9-18(16)24)19(22)21(28)27(13)11-15-5-3-14(4-6-15)10-25-2/h3-9,25H,10-12H2,1-2H3. The van der Waals surface area contributed by atoms with Crippen LogP contribution in [0.15, 0.2) is 51.7 Å². The average Bonchev–Trinajstić information content (AvgIpc) is 2.69. The second-order valence-electron chi connectivity index (χ2n) is 6.54. The van der Waals surface area contributed by atoms with Crippen molar-refractivity contribution < 1.29 is 13.5 Å². The van der Waals surface area contributed by atoms with E-state index in [-0.39, 0.29) is 28.1 Å². The van der Waals surface area contributed by atoms with Gasteiger partial charge < -0.3 is 10.1 Å². The summed E-state index contributed by atoms with van der Waals surface area (Å²) in [5, 5.41) is 3.09. The Morgan fingerprint density at radius 1 is 1.14 bits per heavy atom. The number of nitrogens with zero attached hydrogens (tertiary/aromatic N) is 2. The van der Waals surface area contributed by atoms with Crippen LogP contribution in [0, 0.1) is 18.6 Å². The maximum Gasteiger partial charge on any atom is 0.272 e. The Morgan fingerprint density at radius 3 is 2.48 bits per heavy atom. The highest BCUT2D eigenvalue weighted by atomic mass is 79.9. The van der Waals surface area contributed by atoms with E-state index in [0.717, 1.165) is 29.8 Å². The van der Waals surface area contributed by atoms with E-state index in [1.807, 2.05) is 31.3 Å². The van der Waals surface area contributed by atoms with E-state index in [4.69, 9.17) is 4.74 Å². The number of ether oxygens (including phenoxy) is 1. The number of halogens is 3. The molecule has 1 N–H and O–H groups in total. The van der Waals surface area contributed by atoms with Crippen molar-refractivity contribution in [2.24, 2.45) is 0 Å². The zero-order chi connectivity index (χ0) is 21.0. The summed E-state index contributed by atoms with van der Waals surface area (Å²) in [6.07, 6.45) is 0. The summed E-state index contributed by atoms with van der Waals surface area (Å²) in [6, 6.07) is 11.2. The van der Waals surface area contributed by atoms with E-state index >= 15 is 0 Å². The van der Waals surface area contributed by atoms with Gasteiger partial charge in [-0.05, 0) is 53.2 Å². The fraction of sp³-hybridized carbons (Fsp3) is 0.238. The molecule has 0 spiro atoms. The lowest BCUT2D eigenvalue weighted by Crippen LogP contribution is -2.25. The number of benzene rings is 2. The molecule has 0 aliphatic carbocycles. The van der Waals surface area contributed by atoms with E-state index in [0.29, 0.717) is 12.4 Å². The van der Waals surface area contributed by atoms with Crippen LogP contribution in [0.1, 0.15) is 22.5 Å². The summed E-state index contributed by atoms with van der Waals surface area (Å²) >= 11 is 3.23. The third-order valence-corrected chi connectivity index (χ3v) is 5.08. The van der Waals surface area contributed by atoms with Gasteiger partial charge in [-0.2, -0.15) is 4.98 Å². The largest absolute Gasteiger partial charge is 0.472 e. The SMILES string of the molecule is CNCc1ccc(Cn2c(C)nc(OCc3ccc(F)cc3F)c(Br)c2=O)cc1. The minimum Gasteiger partial charge on any atom is -0.472 e. The molecule has 3 aromatic rings. The van der Waals surface area contributed by atoms with Crippen LogP contribution >= 0.6 is 15.9 Å². The molecule has 152 valence electrons. The van der Waals surface area contributed by atoms with Gasteiger partial charge in [0.2, 0.25) is 5.88 Å². The third kappa shape index (κ3) is 5.07. The van der Waals surface area contributed by atoms with Crippen molar-refractivity contribution in [1.82, 2.24) is 14.9 Å². The summed E-state index contributed by atoms with van der Waals surface area (Å²) in [7, 11) is 1.88. The maximum absolute atomic E-state index is 13.8. The molecule has 2 aromatic carbocycles. The first-order valence-electron chi connectivity index (χ1n) is 8.95. The van der Waals surface area contributed by atoms with E-state index in [1.165, 1.54) is 10.6 Å². The summed E-state index contributed by atoms with van der Waals surface area (Å²) in [6.45, 7) is 2.66. The number of rotatable bonds is 7. The second-order valence-corrected chi connectivity index (χ2v) is 7.33. The van der Waals surface area contributed by atoms with Gasteiger partial charge in [0.25, 0.3) is 5.56 Å². The molecule has 0 aliphatic rings. The smallest absolute Gasteiger partial charge is 0.272 e. The van der Waals surface area contributed by atoms with Crippen molar-refractivity contribution in [2.75, 3.05) is 7.05 Å². The zero-order valence-electron chi connectivity index (χ0n) is 16.0. The Morgan fingerprint density at radius 2 is 1.83 bits per heavy atom. The minimum atomic E-state index is -0.715. The number of aryl methyl sites for hydroxylation is 1. The molecular weight excluding hydrogens is 444 g/mol. The summed E-state index contributed by atoms with van der Waals surface area (Å²) in [5.41, 5.74) is 1.98. The second kappa shape index (κ2) is 9.28. The topological polar surface area (TPSA) is 56.1 Å². The minimum absolute atomic E-state index is 0.0665. The Balaban J connectivity index is 1.79. The van der Waals surface area contributed by atoms with Gasteiger partial charge >= 0.3 is 0 Å². The average molecular weight is 464 g/mol. The van der Waals surface area contributed by atoms with Gasteiger partial charge in [-0.1, -0.05) is 24.3 Å². The van der Waals surface area contributed by atoms with Gasteiger partial charge in [0.1, 0.15) is 28.5 Å². The molecule has 0 saturated carbocycles. The van der Waals surface area contributed by atoms with Crippen molar-refractivity contribution in [3.05, 3.63) is 91.4 Å². The van der Waals surface area contributed by atoms with E-state index in [1.54, 1.807) is 6.92 Å². The molecule has 0 saturated heterocycles. The lowest BCUT2D eigenvalue weighted by Gasteiger charge is -2.14. The Labute approximate surface area is 175 Å². The van der Waals surface area contributed by atoms with Crippen LogP contribution in [0.5, 0.6) is 5.88 Å². The first-order valence-corrected chi connectivity index (χ1v) is 9.74. The molecular formula is C21H20BrF2N3O2. The number of nitrogens with one attached hydrogen (secondary N) is 1. The maximum atomic E-state index is 13.8. The third-order valence-electron chi connectivity index (χ3n) is 4.40. The van der Waals surface area contributed by atoms with Crippen LogP contribution in [-0.4, -0.2) is 16.6 Å². The molecule has 0 fully saturated rings. The van der Waals surface area contributed by atoms with Gasteiger partial charge in [0.05, 0.1) is 6.54 Å². The lowest BCUT2D eigenvalue weighted by atomic mass is 10.1. The fourth-order valence-electron chi connectivity index (χ4n) is 2.83. The molecule has 0 unspecified atom stereocenters. The van der Waals surface area contributed by atoms with Crippen molar-refractivity contribution in [3.63, 3.8) is 0 Å². The molecule has 3 rings (SSSR count). The van der Waals surface area contributed by atoms with Crippen molar-refractivity contribution >= 4 is 15.9 Å². The Hall–Kier alpha value is -2.58. The molecule has 5 nitrogen and oxygen atoms in total. The molecule has 0 atom stereocenters. The van der Waals surface area contributed by atoms with Crippen LogP contribution < -0.4 is 15.6 Å². The Bertz CT molecular complexity index is 1070.